The highest BCUT2D eigenvalue weighted by atomic mass is 35.5. The lowest BCUT2D eigenvalue weighted by molar-refractivity contribution is -0.137. The third-order valence-electron chi connectivity index (χ3n) is 3.07. The van der Waals surface area contributed by atoms with Gasteiger partial charge in [0.2, 0.25) is 10.0 Å². The first-order valence-corrected chi connectivity index (χ1v) is 7.56. The highest BCUT2D eigenvalue weighted by Crippen LogP contribution is 2.36. The van der Waals surface area contributed by atoms with Gasteiger partial charge >= 0.3 is 6.18 Å². The monoisotopic (exact) mass is 364 g/mol. The predicted octanol–water partition coefficient (Wildman–Crippen LogP) is 2.50. The van der Waals surface area contributed by atoms with Crippen LogP contribution in [0.5, 0.6) is 0 Å². The molecule has 0 aliphatic carbocycles. The third-order valence-corrected chi connectivity index (χ3v) is 5.26. The maximum atomic E-state index is 12.7. The predicted molar refractivity (Wildman–Crippen MR) is 75.1 cm³/mol. The molecule has 1 aliphatic rings. The number of alkyl halides is 3. The summed E-state index contributed by atoms with van der Waals surface area (Å²) in [6, 6.07) is 2.27. The smallest absolute Gasteiger partial charge is 0.326 e. The molecule has 2 rings (SSSR count). The van der Waals surface area contributed by atoms with Crippen LogP contribution < -0.4 is 5.73 Å². The van der Waals surface area contributed by atoms with E-state index in [0.29, 0.717) is 12.5 Å². The van der Waals surface area contributed by atoms with E-state index in [9.17, 15) is 21.6 Å². The normalized spacial score (nSPS) is 20.3. The van der Waals surface area contributed by atoms with Crippen molar-refractivity contribution in [2.24, 2.45) is 5.73 Å². The van der Waals surface area contributed by atoms with E-state index in [1.165, 1.54) is 0 Å². The number of rotatable bonds is 2. The largest absolute Gasteiger partial charge is 0.417 e. The van der Waals surface area contributed by atoms with Crippen LogP contribution in [0.1, 0.15) is 12.0 Å². The van der Waals surface area contributed by atoms with Gasteiger partial charge < -0.3 is 5.73 Å². The summed E-state index contributed by atoms with van der Waals surface area (Å²) in [6.45, 7) is 0.305. The van der Waals surface area contributed by atoms with Gasteiger partial charge in [-0.05, 0) is 24.6 Å². The lowest BCUT2D eigenvalue weighted by atomic mass is 10.2. The van der Waals surface area contributed by atoms with E-state index in [1.54, 1.807) is 0 Å². The van der Waals surface area contributed by atoms with E-state index in [4.69, 9.17) is 17.3 Å². The zero-order valence-electron chi connectivity index (χ0n) is 10.6. The fourth-order valence-corrected chi connectivity index (χ4v) is 3.77. The van der Waals surface area contributed by atoms with Crippen LogP contribution in [0.2, 0.25) is 5.02 Å². The Morgan fingerprint density at radius 3 is 2.43 bits per heavy atom. The number of hydrogen-bond donors (Lipinski definition) is 1. The van der Waals surface area contributed by atoms with Crippen LogP contribution >= 0.6 is 24.0 Å². The van der Waals surface area contributed by atoms with Gasteiger partial charge in [-0.3, -0.25) is 0 Å². The summed E-state index contributed by atoms with van der Waals surface area (Å²) in [5.41, 5.74) is 4.45. The molecule has 1 aromatic carbocycles. The summed E-state index contributed by atoms with van der Waals surface area (Å²) in [6.07, 6.45) is -4.22. The minimum absolute atomic E-state index is 0. The summed E-state index contributed by atoms with van der Waals surface area (Å²) in [5, 5.41) is -0.533. The van der Waals surface area contributed by atoms with Crippen molar-refractivity contribution in [1.82, 2.24) is 4.31 Å². The van der Waals surface area contributed by atoms with E-state index in [1.807, 2.05) is 0 Å². The Bertz CT molecular complexity index is 622. The summed E-state index contributed by atoms with van der Waals surface area (Å²) < 4.78 is 63.8. The molecule has 120 valence electrons. The van der Waals surface area contributed by atoms with Crippen LogP contribution in [-0.4, -0.2) is 31.9 Å². The van der Waals surface area contributed by atoms with E-state index in [2.05, 4.69) is 0 Å². The second-order valence-electron chi connectivity index (χ2n) is 4.55. The first kappa shape index (κ1) is 18.5. The van der Waals surface area contributed by atoms with Gasteiger partial charge in [-0.2, -0.15) is 17.5 Å². The molecule has 0 saturated carbocycles. The highest BCUT2D eigenvalue weighted by Gasteiger charge is 2.36. The van der Waals surface area contributed by atoms with Crippen molar-refractivity contribution < 1.29 is 21.6 Å². The fourth-order valence-electron chi connectivity index (χ4n) is 2.00. The molecule has 0 bridgehead atoms. The van der Waals surface area contributed by atoms with Crippen LogP contribution in [-0.2, 0) is 16.2 Å². The van der Waals surface area contributed by atoms with Crippen LogP contribution in [0.3, 0.4) is 0 Å². The second kappa shape index (κ2) is 6.29. The van der Waals surface area contributed by atoms with Gasteiger partial charge in [0.25, 0.3) is 0 Å². The van der Waals surface area contributed by atoms with Crippen LogP contribution in [0.4, 0.5) is 13.2 Å². The third kappa shape index (κ3) is 3.81. The summed E-state index contributed by atoms with van der Waals surface area (Å²) >= 11 is 5.47. The van der Waals surface area contributed by atoms with Crippen molar-refractivity contribution in [3.8, 4) is 0 Å². The van der Waals surface area contributed by atoms with Gasteiger partial charge in [0, 0.05) is 19.1 Å². The molecule has 0 amide bonds. The van der Waals surface area contributed by atoms with Gasteiger partial charge in [-0.1, -0.05) is 11.6 Å². The quantitative estimate of drug-likeness (QED) is 0.876. The maximum absolute atomic E-state index is 12.7. The first-order chi connectivity index (χ1) is 9.12. The first-order valence-electron chi connectivity index (χ1n) is 5.75. The number of nitrogens with zero attached hydrogens (tertiary/aromatic N) is 1. The number of sulfonamides is 1. The van der Waals surface area contributed by atoms with Crippen molar-refractivity contribution in [3.05, 3.63) is 28.8 Å². The molecule has 1 atom stereocenters. The SMILES string of the molecule is Cl.N[C@@H]1CCN(S(=O)(=O)c2ccc(Cl)c(C(F)(F)F)c2)C1. The van der Waals surface area contributed by atoms with Crippen molar-refractivity contribution in [3.63, 3.8) is 0 Å². The molecule has 0 aromatic heterocycles. The van der Waals surface area contributed by atoms with Crippen LogP contribution in [0, 0.1) is 0 Å². The van der Waals surface area contributed by atoms with Crippen molar-refractivity contribution in [2.75, 3.05) is 13.1 Å². The Labute approximate surface area is 131 Å². The molecule has 10 heteroatoms. The zero-order valence-corrected chi connectivity index (χ0v) is 13.0. The summed E-state index contributed by atoms with van der Waals surface area (Å²) in [4.78, 5) is -0.427. The van der Waals surface area contributed by atoms with Crippen molar-refractivity contribution in [1.29, 1.82) is 0 Å². The number of benzene rings is 1. The number of nitrogens with two attached hydrogens (primary N) is 1. The fraction of sp³-hybridized carbons (Fsp3) is 0.455. The molecule has 0 unspecified atom stereocenters. The maximum Gasteiger partial charge on any atom is 0.417 e. The molecule has 2 N–H and O–H groups in total. The standard InChI is InChI=1S/C11H12ClF3N2O2S.ClH/c12-10-2-1-8(5-9(10)11(13,14)15)20(18,19)17-4-3-7(16)6-17;/h1-2,5,7H,3-4,6,16H2;1H/t7-;/m1./s1. The zero-order chi connectivity index (χ0) is 15.1. The minimum Gasteiger partial charge on any atom is -0.326 e. The Kier molecular flexibility index (Phi) is 5.55. The Morgan fingerprint density at radius 2 is 1.95 bits per heavy atom. The molecular formula is C11H13Cl2F3N2O2S. The summed E-state index contributed by atoms with van der Waals surface area (Å²) in [5.74, 6) is 0. The van der Waals surface area contributed by atoms with Crippen molar-refractivity contribution >= 4 is 34.0 Å². The van der Waals surface area contributed by atoms with Crippen LogP contribution in [0.15, 0.2) is 23.1 Å². The van der Waals surface area contributed by atoms with E-state index in [0.717, 1.165) is 16.4 Å². The van der Waals surface area contributed by atoms with Gasteiger partial charge in [-0.25, -0.2) is 8.42 Å². The molecule has 4 nitrogen and oxygen atoms in total. The topological polar surface area (TPSA) is 63.4 Å². The molecule has 1 saturated heterocycles. The molecule has 1 heterocycles. The van der Waals surface area contributed by atoms with E-state index >= 15 is 0 Å². The van der Waals surface area contributed by atoms with E-state index < -0.39 is 31.7 Å². The van der Waals surface area contributed by atoms with E-state index in [-0.39, 0.29) is 31.5 Å². The second-order valence-corrected chi connectivity index (χ2v) is 6.90. The Balaban J connectivity index is 0.00000220. The molecule has 1 aliphatic heterocycles. The van der Waals surface area contributed by atoms with Gasteiger partial charge in [0.05, 0.1) is 15.5 Å². The average molecular weight is 365 g/mol. The van der Waals surface area contributed by atoms with Gasteiger partial charge in [0.15, 0.2) is 0 Å². The molecule has 21 heavy (non-hydrogen) atoms. The van der Waals surface area contributed by atoms with Crippen molar-refractivity contribution in [2.45, 2.75) is 23.5 Å². The molecular weight excluding hydrogens is 352 g/mol. The molecule has 1 aromatic rings. The molecule has 0 spiro atoms. The Hall–Kier alpha value is -0.540. The molecule has 0 radical (unpaired) electrons. The Morgan fingerprint density at radius 1 is 1.33 bits per heavy atom. The van der Waals surface area contributed by atoms with Crippen LogP contribution in [0.25, 0.3) is 0 Å². The van der Waals surface area contributed by atoms with Gasteiger partial charge in [-0.15, -0.1) is 12.4 Å². The highest BCUT2D eigenvalue weighted by molar-refractivity contribution is 7.89. The lowest BCUT2D eigenvalue weighted by Gasteiger charge is -2.17. The number of hydrogen-bond acceptors (Lipinski definition) is 3. The lowest BCUT2D eigenvalue weighted by Crippen LogP contribution is -2.32. The summed E-state index contributed by atoms with van der Waals surface area (Å²) in [7, 11) is -3.98. The minimum atomic E-state index is -4.70. The van der Waals surface area contributed by atoms with Gasteiger partial charge in [0.1, 0.15) is 0 Å². The molecule has 1 fully saturated rings. The average Bonchev–Trinajstić information content (AvgIpc) is 2.75. The number of halogens is 5.